The summed E-state index contributed by atoms with van der Waals surface area (Å²) in [6.45, 7) is 1.47. The number of hydrogen-bond acceptors (Lipinski definition) is 3. The van der Waals surface area contributed by atoms with Crippen LogP contribution in [0.1, 0.15) is 16.8 Å². The van der Waals surface area contributed by atoms with Gasteiger partial charge < -0.3 is 14.8 Å². The zero-order valence-corrected chi connectivity index (χ0v) is 11.9. The first-order chi connectivity index (χ1) is 10.2. The van der Waals surface area contributed by atoms with E-state index in [4.69, 9.17) is 0 Å². The van der Waals surface area contributed by atoms with Gasteiger partial charge in [0.25, 0.3) is 11.5 Å². The summed E-state index contributed by atoms with van der Waals surface area (Å²) in [6, 6.07) is 10.8. The van der Waals surface area contributed by atoms with E-state index in [1.54, 1.807) is 24.2 Å². The molecule has 5 nitrogen and oxygen atoms in total. The lowest BCUT2D eigenvalue weighted by Crippen LogP contribution is -2.32. The highest BCUT2D eigenvalue weighted by Crippen LogP contribution is 2.29. The summed E-state index contributed by atoms with van der Waals surface area (Å²) >= 11 is 0. The van der Waals surface area contributed by atoms with Gasteiger partial charge in [0, 0.05) is 38.0 Å². The Balaban J connectivity index is 2.01. The zero-order valence-electron chi connectivity index (χ0n) is 11.9. The average molecular weight is 283 g/mol. The molecule has 1 amide bonds. The van der Waals surface area contributed by atoms with Crippen molar-refractivity contribution in [2.24, 2.45) is 7.05 Å². The molecule has 21 heavy (non-hydrogen) atoms. The van der Waals surface area contributed by atoms with Crippen LogP contribution in [0.3, 0.4) is 0 Å². The molecule has 2 heterocycles. The van der Waals surface area contributed by atoms with E-state index in [1.807, 2.05) is 24.3 Å². The molecule has 1 aliphatic rings. The molecule has 1 aromatic carbocycles. The number of anilines is 2. The standard InChI is InChI=1S/C16H17N3O2/c1-18-10-7-12(11-15(18)20)16(21)19-9-4-8-17-13-5-2-3-6-14(13)19/h2-3,5-7,10-11,17H,4,8-9H2,1H3. The Morgan fingerprint density at radius 1 is 1.24 bits per heavy atom. The molecule has 1 N–H and O–H groups in total. The number of benzene rings is 1. The number of rotatable bonds is 1. The number of nitrogens with zero attached hydrogens (tertiary/aromatic N) is 2. The molecule has 0 fully saturated rings. The van der Waals surface area contributed by atoms with Gasteiger partial charge in [-0.05, 0) is 24.6 Å². The first-order valence-corrected chi connectivity index (χ1v) is 6.98. The molecular weight excluding hydrogens is 266 g/mol. The van der Waals surface area contributed by atoms with Gasteiger partial charge in [0.05, 0.1) is 11.4 Å². The molecule has 3 rings (SSSR count). The molecule has 1 aliphatic heterocycles. The molecule has 0 aliphatic carbocycles. The van der Waals surface area contributed by atoms with Gasteiger partial charge >= 0.3 is 0 Å². The summed E-state index contributed by atoms with van der Waals surface area (Å²) in [5, 5.41) is 3.32. The number of nitrogens with one attached hydrogen (secondary N) is 1. The Morgan fingerprint density at radius 3 is 2.86 bits per heavy atom. The lowest BCUT2D eigenvalue weighted by atomic mass is 10.2. The Bertz CT molecular complexity index is 736. The van der Waals surface area contributed by atoms with E-state index < -0.39 is 0 Å². The molecule has 0 unspecified atom stereocenters. The summed E-state index contributed by atoms with van der Waals surface area (Å²) in [4.78, 5) is 26.2. The summed E-state index contributed by atoms with van der Waals surface area (Å²) in [6.07, 6.45) is 2.49. The highest BCUT2D eigenvalue weighted by Gasteiger charge is 2.22. The molecule has 5 heteroatoms. The molecule has 0 atom stereocenters. The Hall–Kier alpha value is -2.56. The van der Waals surface area contributed by atoms with E-state index in [9.17, 15) is 9.59 Å². The SMILES string of the molecule is Cn1ccc(C(=O)N2CCCNc3ccccc32)cc1=O. The van der Waals surface area contributed by atoms with Crippen LogP contribution >= 0.6 is 0 Å². The summed E-state index contributed by atoms with van der Waals surface area (Å²) in [5.74, 6) is -0.135. The van der Waals surface area contributed by atoms with Crippen LogP contribution in [0, 0.1) is 0 Å². The maximum Gasteiger partial charge on any atom is 0.258 e. The van der Waals surface area contributed by atoms with E-state index in [2.05, 4.69) is 5.32 Å². The van der Waals surface area contributed by atoms with Crippen molar-refractivity contribution in [3.8, 4) is 0 Å². The van der Waals surface area contributed by atoms with Crippen molar-refractivity contribution in [1.82, 2.24) is 4.57 Å². The number of carbonyl (C=O) groups is 1. The van der Waals surface area contributed by atoms with E-state index in [0.717, 1.165) is 24.3 Å². The van der Waals surface area contributed by atoms with Crippen LogP contribution in [0.2, 0.25) is 0 Å². The Kier molecular flexibility index (Phi) is 3.48. The van der Waals surface area contributed by atoms with Crippen LogP contribution in [0.25, 0.3) is 0 Å². The molecule has 0 radical (unpaired) electrons. The van der Waals surface area contributed by atoms with Crippen molar-refractivity contribution in [1.29, 1.82) is 0 Å². The van der Waals surface area contributed by atoms with Crippen molar-refractivity contribution in [3.63, 3.8) is 0 Å². The van der Waals surface area contributed by atoms with Gasteiger partial charge in [-0.1, -0.05) is 12.1 Å². The number of para-hydroxylation sites is 2. The highest BCUT2D eigenvalue weighted by atomic mass is 16.2. The van der Waals surface area contributed by atoms with Crippen LogP contribution in [-0.4, -0.2) is 23.6 Å². The van der Waals surface area contributed by atoms with Crippen LogP contribution in [-0.2, 0) is 7.05 Å². The highest BCUT2D eigenvalue weighted by molar-refractivity contribution is 6.07. The second kappa shape index (κ2) is 5.44. The molecule has 0 bridgehead atoms. The van der Waals surface area contributed by atoms with E-state index in [1.165, 1.54) is 10.6 Å². The average Bonchev–Trinajstić information content (AvgIpc) is 2.71. The first-order valence-electron chi connectivity index (χ1n) is 6.98. The van der Waals surface area contributed by atoms with Gasteiger partial charge in [0.15, 0.2) is 0 Å². The minimum atomic E-state index is -0.179. The van der Waals surface area contributed by atoms with Crippen LogP contribution in [0.15, 0.2) is 47.4 Å². The van der Waals surface area contributed by atoms with Gasteiger partial charge in [-0.2, -0.15) is 0 Å². The molecule has 108 valence electrons. The molecule has 1 aromatic heterocycles. The van der Waals surface area contributed by atoms with Crippen LogP contribution < -0.4 is 15.8 Å². The first kappa shape index (κ1) is 13.4. The minimum absolute atomic E-state index is 0.135. The fraction of sp³-hybridized carbons (Fsp3) is 0.250. The minimum Gasteiger partial charge on any atom is -0.383 e. The molecule has 0 saturated carbocycles. The van der Waals surface area contributed by atoms with Crippen LogP contribution in [0.5, 0.6) is 0 Å². The second-order valence-corrected chi connectivity index (χ2v) is 5.12. The topological polar surface area (TPSA) is 54.3 Å². The number of hydrogen-bond donors (Lipinski definition) is 1. The van der Waals surface area contributed by atoms with Gasteiger partial charge in [-0.3, -0.25) is 9.59 Å². The Morgan fingerprint density at radius 2 is 2.05 bits per heavy atom. The predicted molar refractivity (Wildman–Crippen MR) is 82.9 cm³/mol. The number of pyridine rings is 1. The summed E-state index contributed by atoms with van der Waals surface area (Å²) in [7, 11) is 1.67. The maximum atomic E-state index is 12.7. The predicted octanol–water partition coefficient (Wildman–Crippen LogP) is 1.85. The number of fused-ring (bicyclic) bond motifs is 1. The molecular formula is C16H17N3O2. The second-order valence-electron chi connectivity index (χ2n) is 5.12. The number of aromatic nitrogens is 1. The largest absolute Gasteiger partial charge is 0.383 e. The van der Waals surface area contributed by atoms with Crippen molar-refractivity contribution in [2.45, 2.75) is 6.42 Å². The van der Waals surface area contributed by atoms with Crippen LogP contribution in [0.4, 0.5) is 11.4 Å². The van der Waals surface area contributed by atoms with Crippen molar-refractivity contribution < 1.29 is 4.79 Å². The monoisotopic (exact) mass is 283 g/mol. The summed E-state index contributed by atoms with van der Waals surface area (Å²) in [5.41, 5.74) is 2.06. The van der Waals surface area contributed by atoms with Gasteiger partial charge in [-0.15, -0.1) is 0 Å². The summed E-state index contributed by atoms with van der Waals surface area (Å²) < 4.78 is 1.45. The third kappa shape index (κ3) is 2.54. The zero-order chi connectivity index (χ0) is 14.8. The van der Waals surface area contributed by atoms with Gasteiger partial charge in [-0.25, -0.2) is 0 Å². The van der Waals surface area contributed by atoms with Gasteiger partial charge in [0.2, 0.25) is 0 Å². The fourth-order valence-corrected chi connectivity index (χ4v) is 2.49. The third-order valence-electron chi connectivity index (χ3n) is 3.67. The maximum absolute atomic E-state index is 12.7. The van der Waals surface area contributed by atoms with Crippen molar-refractivity contribution in [2.75, 3.05) is 23.3 Å². The molecule has 2 aromatic rings. The quantitative estimate of drug-likeness (QED) is 0.869. The fourth-order valence-electron chi connectivity index (χ4n) is 2.49. The van der Waals surface area contributed by atoms with E-state index in [0.29, 0.717) is 12.1 Å². The number of amides is 1. The number of carbonyl (C=O) groups excluding carboxylic acids is 1. The Labute approximate surface area is 122 Å². The lowest BCUT2D eigenvalue weighted by Gasteiger charge is -2.22. The van der Waals surface area contributed by atoms with Gasteiger partial charge in [0.1, 0.15) is 0 Å². The van der Waals surface area contributed by atoms with E-state index in [-0.39, 0.29) is 11.5 Å². The normalized spacial score (nSPS) is 14.0. The van der Waals surface area contributed by atoms with E-state index >= 15 is 0 Å². The third-order valence-corrected chi connectivity index (χ3v) is 3.67. The smallest absolute Gasteiger partial charge is 0.258 e. The number of aryl methyl sites for hydroxylation is 1. The lowest BCUT2D eigenvalue weighted by molar-refractivity contribution is 0.0987. The molecule has 0 spiro atoms. The van der Waals surface area contributed by atoms with Crippen molar-refractivity contribution >= 4 is 17.3 Å². The molecule has 0 saturated heterocycles. The van der Waals surface area contributed by atoms with Crippen molar-refractivity contribution in [3.05, 3.63) is 58.5 Å².